The van der Waals surface area contributed by atoms with Gasteiger partial charge in [0, 0.05) is 56.5 Å². The van der Waals surface area contributed by atoms with Crippen LogP contribution in [0.3, 0.4) is 0 Å². The summed E-state index contributed by atoms with van der Waals surface area (Å²) in [5, 5.41) is 0. The second-order valence-corrected chi connectivity index (χ2v) is 8.03. The van der Waals surface area contributed by atoms with Crippen LogP contribution in [0.2, 0.25) is 0 Å². The van der Waals surface area contributed by atoms with E-state index in [1.54, 1.807) is 0 Å². The van der Waals surface area contributed by atoms with Gasteiger partial charge in [-0.1, -0.05) is 0 Å². The van der Waals surface area contributed by atoms with Crippen LogP contribution in [0.1, 0.15) is 19.3 Å². The van der Waals surface area contributed by atoms with Crippen molar-refractivity contribution in [3.05, 3.63) is 22.9 Å². The first kappa shape index (κ1) is 16.1. The first-order valence-corrected chi connectivity index (χ1v) is 9.89. The molecule has 2 aliphatic rings. The molecule has 4 nitrogen and oxygen atoms in total. The Balaban J connectivity index is 1.49. The molecule has 1 amide bonds. The maximum atomic E-state index is 12.4. The van der Waals surface area contributed by atoms with Crippen molar-refractivity contribution in [1.29, 1.82) is 0 Å². The SMILES string of the molecule is O=C(CC1CCN(c2ccncc2Br)CC1)N1CCSCC1. The summed E-state index contributed by atoms with van der Waals surface area (Å²) in [5.41, 5.74) is 1.22. The molecule has 2 aliphatic heterocycles. The third-order valence-corrected chi connectivity index (χ3v) is 6.09. The van der Waals surface area contributed by atoms with E-state index in [0.29, 0.717) is 11.8 Å². The fourth-order valence-electron chi connectivity index (χ4n) is 3.19. The van der Waals surface area contributed by atoms with Gasteiger partial charge in [-0.3, -0.25) is 9.78 Å². The monoisotopic (exact) mass is 383 g/mol. The number of amides is 1. The second kappa shape index (κ2) is 7.68. The van der Waals surface area contributed by atoms with E-state index in [0.717, 1.165) is 61.4 Å². The fraction of sp³-hybridized carbons (Fsp3) is 0.625. The average Bonchev–Trinajstić information content (AvgIpc) is 2.57. The van der Waals surface area contributed by atoms with Gasteiger partial charge in [-0.05, 0) is 40.8 Å². The number of pyridine rings is 1. The van der Waals surface area contributed by atoms with Crippen LogP contribution in [0.25, 0.3) is 0 Å². The number of halogens is 1. The van der Waals surface area contributed by atoms with E-state index in [1.165, 1.54) is 5.69 Å². The summed E-state index contributed by atoms with van der Waals surface area (Å²) in [6.45, 7) is 3.92. The van der Waals surface area contributed by atoms with E-state index in [2.05, 4.69) is 36.8 Å². The van der Waals surface area contributed by atoms with Gasteiger partial charge < -0.3 is 9.80 Å². The Kier molecular flexibility index (Phi) is 5.63. The third kappa shape index (κ3) is 3.96. The fourth-order valence-corrected chi connectivity index (χ4v) is 4.60. The number of thioether (sulfide) groups is 1. The molecule has 0 spiro atoms. The zero-order chi connectivity index (χ0) is 15.4. The lowest BCUT2D eigenvalue weighted by atomic mass is 9.92. The molecule has 0 aliphatic carbocycles. The van der Waals surface area contributed by atoms with Crippen molar-refractivity contribution in [2.45, 2.75) is 19.3 Å². The summed E-state index contributed by atoms with van der Waals surface area (Å²) >= 11 is 5.52. The third-order valence-electron chi connectivity index (χ3n) is 4.53. The molecule has 2 saturated heterocycles. The number of nitrogens with zero attached hydrogens (tertiary/aromatic N) is 3. The molecule has 3 heterocycles. The van der Waals surface area contributed by atoms with Crippen molar-refractivity contribution >= 4 is 39.3 Å². The summed E-state index contributed by atoms with van der Waals surface area (Å²) in [6.07, 6.45) is 6.62. The van der Waals surface area contributed by atoms with Crippen molar-refractivity contribution in [3.8, 4) is 0 Å². The highest BCUT2D eigenvalue weighted by Crippen LogP contribution is 2.30. The molecule has 1 aromatic heterocycles. The van der Waals surface area contributed by atoms with Crippen LogP contribution in [0.15, 0.2) is 22.9 Å². The number of carbonyl (C=O) groups excluding carboxylic acids is 1. The standard InChI is InChI=1S/C16H22BrN3OS/c17-14-12-18-4-1-15(14)19-5-2-13(3-6-19)11-16(21)20-7-9-22-10-8-20/h1,4,12-13H,2-3,5-11H2. The molecular formula is C16H22BrN3OS. The van der Waals surface area contributed by atoms with Crippen LogP contribution in [0, 0.1) is 5.92 Å². The van der Waals surface area contributed by atoms with Gasteiger partial charge >= 0.3 is 0 Å². The summed E-state index contributed by atoms with van der Waals surface area (Å²) < 4.78 is 1.05. The number of rotatable bonds is 3. The van der Waals surface area contributed by atoms with E-state index in [9.17, 15) is 4.79 Å². The van der Waals surface area contributed by atoms with E-state index in [1.807, 2.05) is 24.2 Å². The van der Waals surface area contributed by atoms with Crippen molar-refractivity contribution in [1.82, 2.24) is 9.88 Å². The molecule has 0 atom stereocenters. The molecule has 0 bridgehead atoms. The Morgan fingerprint density at radius 2 is 2.00 bits per heavy atom. The number of anilines is 1. The van der Waals surface area contributed by atoms with E-state index < -0.39 is 0 Å². The number of aromatic nitrogens is 1. The quantitative estimate of drug-likeness (QED) is 0.803. The van der Waals surface area contributed by atoms with Gasteiger partial charge in [0.1, 0.15) is 0 Å². The minimum atomic E-state index is 0.365. The molecular weight excluding hydrogens is 362 g/mol. The lowest BCUT2D eigenvalue weighted by Gasteiger charge is -2.35. The lowest BCUT2D eigenvalue weighted by Crippen LogP contribution is -2.40. The van der Waals surface area contributed by atoms with Crippen LogP contribution in [0.4, 0.5) is 5.69 Å². The smallest absolute Gasteiger partial charge is 0.222 e. The second-order valence-electron chi connectivity index (χ2n) is 5.95. The van der Waals surface area contributed by atoms with Crippen LogP contribution in [-0.4, -0.2) is 53.5 Å². The maximum absolute atomic E-state index is 12.4. The summed E-state index contributed by atoms with van der Waals surface area (Å²) in [4.78, 5) is 20.9. The van der Waals surface area contributed by atoms with Crippen molar-refractivity contribution in [2.75, 3.05) is 42.6 Å². The maximum Gasteiger partial charge on any atom is 0.222 e. The highest BCUT2D eigenvalue weighted by Gasteiger charge is 2.25. The molecule has 0 unspecified atom stereocenters. The Morgan fingerprint density at radius 3 is 2.68 bits per heavy atom. The molecule has 0 radical (unpaired) electrons. The Bertz CT molecular complexity index is 514. The summed E-state index contributed by atoms with van der Waals surface area (Å²) in [7, 11) is 0. The molecule has 6 heteroatoms. The van der Waals surface area contributed by atoms with Crippen molar-refractivity contribution < 1.29 is 4.79 Å². The predicted octanol–water partition coefficient (Wildman–Crippen LogP) is 3.03. The summed E-state index contributed by atoms with van der Waals surface area (Å²) in [6, 6.07) is 2.06. The molecule has 1 aromatic rings. The van der Waals surface area contributed by atoms with Gasteiger partial charge in [-0.15, -0.1) is 0 Å². The minimum Gasteiger partial charge on any atom is -0.371 e. The number of carbonyl (C=O) groups is 1. The Hall–Kier alpha value is -0.750. The highest BCUT2D eigenvalue weighted by molar-refractivity contribution is 9.10. The first-order chi connectivity index (χ1) is 10.7. The highest BCUT2D eigenvalue weighted by atomic mass is 79.9. The van der Waals surface area contributed by atoms with Gasteiger partial charge in [0.15, 0.2) is 0 Å². The number of hydrogen-bond acceptors (Lipinski definition) is 4. The molecule has 0 saturated carbocycles. The number of piperidine rings is 1. The van der Waals surface area contributed by atoms with Crippen LogP contribution < -0.4 is 4.90 Å². The predicted molar refractivity (Wildman–Crippen MR) is 95.4 cm³/mol. The summed E-state index contributed by atoms with van der Waals surface area (Å²) in [5.74, 6) is 3.10. The van der Waals surface area contributed by atoms with Crippen LogP contribution >= 0.6 is 27.7 Å². The van der Waals surface area contributed by atoms with Crippen molar-refractivity contribution in [2.24, 2.45) is 5.92 Å². The minimum absolute atomic E-state index is 0.365. The molecule has 120 valence electrons. The van der Waals surface area contributed by atoms with E-state index in [4.69, 9.17) is 0 Å². The topological polar surface area (TPSA) is 36.4 Å². The van der Waals surface area contributed by atoms with Gasteiger partial charge in [0.2, 0.25) is 5.91 Å². The van der Waals surface area contributed by atoms with Gasteiger partial charge in [-0.2, -0.15) is 11.8 Å². The van der Waals surface area contributed by atoms with E-state index in [-0.39, 0.29) is 0 Å². The molecule has 2 fully saturated rings. The molecule has 22 heavy (non-hydrogen) atoms. The van der Waals surface area contributed by atoms with Crippen molar-refractivity contribution in [3.63, 3.8) is 0 Å². The largest absolute Gasteiger partial charge is 0.371 e. The normalized spacial score (nSPS) is 20.2. The Morgan fingerprint density at radius 1 is 1.27 bits per heavy atom. The van der Waals surface area contributed by atoms with Gasteiger partial charge in [-0.25, -0.2) is 0 Å². The Labute approximate surface area is 144 Å². The zero-order valence-corrected chi connectivity index (χ0v) is 15.1. The first-order valence-electron chi connectivity index (χ1n) is 7.94. The molecule has 0 N–H and O–H groups in total. The molecule has 3 rings (SSSR count). The van der Waals surface area contributed by atoms with Crippen LogP contribution in [-0.2, 0) is 4.79 Å². The van der Waals surface area contributed by atoms with Gasteiger partial charge in [0.05, 0.1) is 10.2 Å². The number of hydrogen-bond donors (Lipinski definition) is 0. The van der Waals surface area contributed by atoms with E-state index >= 15 is 0 Å². The van der Waals surface area contributed by atoms with Gasteiger partial charge in [0.25, 0.3) is 0 Å². The zero-order valence-electron chi connectivity index (χ0n) is 12.7. The van der Waals surface area contributed by atoms with Crippen LogP contribution in [0.5, 0.6) is 0 Å². The average molecular weight is 384 g/mol. The lowest BCUT2D eigenvalue weighted by molar-refractivity contribution is -0.132. The molecule has 0 aromatic carbocycles.